The van der Waals surface area contributed by atoms with Crippen molar-refractivity contribution in [1.82, 2.24) is 14.5 Å². The highest BCUT2D eigenvalue weighted by molar-refractivity contribution is 7.25. The summed E-state index contributed by atoms with van der Waals surface area (Å²) in [4.78, 5) is 10.7. The summed E-state index contributed by atoms with van der Waals surface area (Å²) in [5, 5.41) is 13.7. The highest BCUT2D eigenvalue weighted by Gasteiger charge is 2.23. The van der Waals surface area contributed by atoms with E-state index in [1.165, 1.54) is 63.3 Å². The van der Waals surface area contributed by atoms with Crippen molar-refractivity contribution >= 4 is 96.5 Å². The topological polar surface area (TPSA) is 30.7 Å². The van der Waals surface area contributed by atoms with Crippen LogP contribution in [-0.4, -0.2) is 14.5 Å². The molecule has 3 heterocycles. The van der Waals surface area contributed by atoms with Crippen molar-refractivity contribution < 1.29 is 0 Å². The summed E-state index contributed by atoms with van der Waals surface area (Å²) >= 11 is 1.84. The molecule has 0 bridgehead atoms. The molecule has 8 aromatic carbocycles. The van der Waals surface area contributed by atoms with Crippen LogP contribution >= 0.6 is 11.3 Å². The Morgan fingerprint density at radius 3 is 2.04 bits per heavy atom. The van der Waals surface area contributed by atoms with Gasteiger partial charge < -0.3 is 0 Å². The maximum absolute atomic E-state index is 5.45. The predicted molar refractivity (Wildman–Crippen MR) is 196 cm³/mol. The van der Waals surface area contributed by atoms with Crippen LogP contribution in [0.15, 0.2) is 140 Å². The fourth-order valence-corrected chi connectivity index (χ4v) is 8.88. The molecule has 0 atom stereocenters. The van der Waals surface area contributed by atoms with Crippen LogP contribution in [0.5, 0.6) is 0 Å². The van der Waals surface area contributed by atoms with Crippen LogP contribution in [0.3, 0.4) is 0 Å². The molecule has 212 valence electrons. The van der Waals surface area contributed by atoms with E-state index >= 15 is 0 Å². The molecule has 0 unspecified atom stereocenters. The molecule has 0 fully saturated rings. The lowest BCUT2D eigenvalue weighted by Crippen LogP contribution is -2.03. The number of para-hydroxylation sites is 1. The fraction of sp³-hybridized carbons (Fsp3) is 0. The first-order chi connectivity index (χ1) is 22.8. The number of aromatic nitrogens is 3. The quantitative estimate of drug-likeness (QED) is 0.185. The summed E-state index contributed by atoms with van der Waals surface area (Å²) < 4.78 is 4.89. The Kier molecular flexibility index (Phi) is 4.72. The second kappa shape index (κ2) is 8.87. The summed E-state index contributed by atoms with van der Waals surface area (Å²) in [7, 11) is 0. The monoisotopic (exact) mass is 601 g/mol. The van der Waals surface area contributed by atoms with E-state index in [4.69, 9.17) is 9.97 Å². The van der Waals surface area contributed by atoms with Gasteiger partial charge in [0.15, 0.2) is 0 Å². The standard InChI is InChI=1S/C42H23N3S/c1-2-11-26-24(10-1)23-35-40-38(26)29-14-4-3-12-27(29)30-16-9-18-34(39(30)40)45(35)42-43-33-17-7-5-15-31(33)41(44-42)25-20-21-37-32(22-25)28-13-6-8-19-36(28)46-37/h1-23H. The zero-order chi connectivity index (χ0) is 29.9. The van der Waals surface area contributed by atoms with E-state index in [2.05, 4.69) is 144 Å². The number of nitrogens with zero attached hydrogens (tertiary/aromatic N) is 3. The van der Waals surface area contributed by atoms with E-state index in [1.807, 2.05) is 11.3 Å². The van der Waals surface area contributed by atoms with E-state index in [9.17, 15) is 0 Å². The van der Waals surface area contributed by atoms with Gasteiger partial charge in [0.05, 0.1) is 22.2 Å². The fourth-order valence-electron chi connectivity index (χ4n) is 7.79. The minimum absolute atomic E-state index is 0.688. The number of thiophene rings is 1. The third-order valence-electron chi connectivity index (χ3n) is 9.73. The number of rotatable bonds is 2. The maximum Gasteiger partial charge on any atom is 0.235 e. The molecule has 0 spiro atoms. The molecule has 46 heavy (non-hydrogen) atoms. The molecule has 0 amide bonds. The van der Waals surface area contributed by atoms with Crippen molar-refractivity contribution in [3.8, 4) is 17.2 Å². The summed E-state index contributed by atoms with van der Waals surface area (Å²) in [5.41, 5.74) is 5.23. The molecule has 3 nitrogen and oxygen atoms in total. The van der Waals surface area contributed by atoms with Crippen LogP contribution in [0.4, 0.5) is 0 Å². The summed E-state index contributed by atoms with van der Waals surface area (Å²) in [6, 6.07) is 50.4. The number of hydrogen-bond acceptors (Lipinski definition) is 3. The molecule has 0 N–H and O–H groups in total. The lowest BCUT2D eigenvalue weighted by atomic mass is 9.91. The van der Waals surface area contributed by atoms with Gasteiger partial charge in [0.25, 0.3) is 0 Å². The van der Waals surface area contributed by atoms with Crippen LogP contribution in [0.1, 0.15) is 0 Å². The molecule has 0 aliphatic rings. The minimum atomic E-state index is 0.688. The highest BCUT2D eigenvalue weighted by atomic mass is 32.1. The van der Waals surface area contributed by atoms with Crippen LogP contribution in [0.2, 0.25) is 0 Å². The van der Waals surface area contributed by atoms with E-state index in [0.717, 1.165) is 33.2 Å². The zero-order valence-corrected chi connectivity index (χ0v) is 25.3. The van der Waals surface area contributed by atoms with E-state index in [1.54, 1.807) is 0 Å². The van der Waals surface area contributed by atoms with Crippen molar-refractivity contribution in [2.75, 3.05) is 0 Å². The van der Waals surface area contributed by atoms with E-state index < -0.39 is 0 Å². The third-order valence-corrected chi connectivity index (χ3v) is 10.9. The number of hydrogen-bond donors (Lipinski definition) is 0. The number of fused-ring (bicyclic) bond motifs is 9. The molecule has 0 saturated carbocycles. The van der Waals surface area contributed by atoms with Crippen molar-refractivity contribution in [3.63, 3.8) is 0 Å². The van der Waals surface area contributed by atoms with E-state index in [-0.39, 0.29) is 0 Å². The Morgan fingerprint density at radius 1 is 0.435 bits per heavy atom. The van der Waals surface area contributed by atoms with Gasteiger partial charge in [-0.05, 0) is 63.3 Å². The number of benzene rings is 8. The van der Waals surface area contributed by atoms with Gasteiger partial charge in [0.1, 0.15) is 0 Å². The normalized spacial score (nSPS) is 12.3. The Morgan fingerprint density at radius 2 is 1.13 bits per heavy atom. The summed E-state index contributed by atoms with van der Waals surface area (Å²) in [6.07, 6.45) is 0. The van der Waals surface area contributed by atoms with Gasteiger partial charge in [-0.1, -0.05) is 103 Å². The average Bonchev–Trinajstić information content (AvgIpc) is 3.65. The summed E-state index contributed by atoms with van der Waals surface area (Å²) in [5.74, 6) is 0.688. The van der Waals surface area contributed by atoms with Gasteiger partial charge in [-0.25, -0.2) is 9.97 Å². The van der Waals surface area contributed by atoms with Gasteiger partial charge in [-0.3, -0.25) is 4.57 Å². The maximum atomic E-state index is 5.45. The molecule has 4 heteroatoms. The largest absolute Gasteiger partial charge is 0.278 e. The minimum Gasteiger partial charge on any atom is -0.278 e. The Hall–Kier alpha value is -5.84. The van der Waals surface area contributed by atoms with Crippen LogP contribution < -0.4 is 0 Å². The molecule has 3 aromatic heterocycles. The second-order valence-electron chi connectivity index (χ2n) is 12.1. The summed E-state index contributed by atoms with van der Waals surface area (Å²) in [6.45, 7) is 0. The molecule has 0 aliphatic heterocycles. The predicted octanol–water partition coefficient (Wildman–Crippen LogP) is 11.7. The van der Waals surface area contributed by atoms with Crippen molar-refractivity contribution in [3.05, 3.63) is 140 Å². The zero-order valence-electron chi connectivity index (χ0n) is 24.5. The second-order valence-corrected chi connectivity index (χ2v) is 13.2. The van der Waals surface area contributed by atoms with Gasteiger partial charge in [-0.15, -0.1) is 11.3 Å². The SMILES string of the molecule is c1ccc2c(c1)cc1c3c2c2ccccc2c2cccc(c23)n1-c1nc(-c2ccc3sc4ccccc4c3c2)c2ccccc2n1. The van der Waals surface area contributed by atoms with Crippen LogP contribution in [0.25, 0.3) is 102 Å². The van der Waals surface area contributed by atoms with Crippen molar-refractivity contribution in [2.45, 2.75) is 0 Å². The Bertz CT molecular complexity index is 3030. The smallest absolute Gasteiger partial charge is 0.235 e. The Balaban J connectivity index is 1.30. The molecule has 11 rings (SSSR count). The van der Waals surface area contributed by atoms with Gasteiger partial charge in [0, 0.05) is 47.3 Å². The van der Waals surface area contributed by atoms with Crippen molar-refractivity contribution in [2.24, 2.45) is 0 Å². The molecule has 11 aromatic rings. The molecule has 0 aliphatic carbocycles. The first-order valence-corrected chi connectivity index (χ1v) is 16.4. The Labute approximate surface area is 266 Å². The van der Waals surface area contributed by atoms with Crippen LogP contribution in [0, 0.1) is 0 Å². The van der Waals surface area contributed by atoms with Gasteiger partial charge in [0.2, 0.25) is 5.95 Å². The molecule has 0 radical (unpaired) electrons. The third kappa shape index (κ3) is 3.16. The highest BCUT2D eigenvalue weighted by Crippen LogP contribution is 2.46. The first-order valence-electron chi connectivity index (χ1n) is 15.6. The van der Waals surface area contributed by atoms with Crippen molar-refractivity contribution in [1.29, 1.82) is 0 Å². The molecular formula is C42H23N3S. The lowest BCUT2D eigenvalue weighted by Gasteiger charge is -2.12. The molecular weight excluding hydrogens is 579 g/mol. The van der Waals surface area contributed by atoms with Gasteiger partial charge >= 0.3 is 0 Å². The first kappa shape index (κ1) is 24.5. The van der Waals surface area contributed by atoms with Crippen LogP contribution in [-0.2, 0) is 0 Å². The molecule has 0 saturated heterocycles. The van der Waals surface area contributed by atoms with Gasteiger partial charge in [-0.2, -0.15) is 0 Å². The lowest BCUT2D eigenvalue weighted by molar-refractivity contribution is 1.01. The average molecular weight is 602 g/mol. The van der Waals surface area contributed by atoms with E-state index in [0.29, 0.717) is 5.95 Å².